The molecule has 0 N–H and O–H groups in total. The van der Waals surface area contributed by atoms with Crippen LogP contribution in [0, 0.1) is 5.92 Å². The van der Waals surface area contributed by atoms with Gasteiger partial charge in [-0.3, -0.25) is 9.59 Å². The molecule has 1 aliphatic rings. The van der Waals surface area contributed by atoms with E-state index in [4.69, 9.17) is 4.74 Å². The van der Waals surface area contributed by atoms with E-state index in [9.17, 15) is 9.59 Å². The van der Waals surface area contributed by atoms with Crippen LogP contribution in [0.3, 0.4) is 0 Å². The van der Waals surface area contributed by atoms with Crippen LogP contribution < -0.4 is 10.2 Å². The number of aromatic nitrogens is 1. The number of methoxy groups -OCH3 is 1. The summed E-state index contributed by atoms with van der Waals surface area (Å²) in [6, 6.07) is 14.4. The molecule has 2 aromatic carbocycles. The van der Waals surface area contributed by atoms with E-state index < -0.39 is 0 Å². The standard InChI is InChI=1S/C21H19NO3/c1-25-16-10-8-15(9-11-16)20(23)18-13-22(12-14-6-7-14)19-5-3-2-4-17(19)21(18)24/h2-5,8-11,13-14H,6-7,12H2,1H3. The summed E-state index contributed by atoms with van der Waals surface area (Å²) in [7, 11) is 1.58. The van der Waals surface area contributed by atoms with Crippen LogP contribution in [0.25, 0.3) is 10.9 Å². The Morgan fingerprint density at radius 1 is 1.12 bits per heavy atom. The highest BCUT2D eigenvalue weighted by Crippen LogP contribution is 2.31. The molecule has 0 saturated heterocycles. The molecule has 1 fully saturated rings. The van der Waals surface area contributed by atoms with Crippen molar-refractivity contribution in [1.82, 2.24) is 4.57 Å². The maximum Gasteiger partial charge on any atom is 0.200 e. The van der Waals surface area contributed by atoms with E-state index in [0.29, 0.717) is 22.6 Å². The second-order valence-corrected chi connectivity index (χ2v) is 6.54. The molecule has 4 nitrogen and oxygen atoms in total. The number of hydrogen-bond donors (Lipinski definition) is 0. The summed E-state index contributed by atoms with van der Waals surface area (Å²) >= 11 is 0. The molecule has 1 aliphatic carbocycles. The van der Waals surface area contributed by atoms with Gasteiger partial charge in [0.15, 0.2) is 5.78 Å². The fraction of sp³-hybridized carbons (Fsp3) is 0.238. The lowest BCUT2D eigenvalue weighted by Gasteiger charge is -2.13. The topological polar surface area (TPSA) is 48.3 Å². The fourth-order valence-corrected chi connectivity index (χ4v) is 3.13. The number of carbonyl (C=O) groups is 1. The van der Waals surface area contributed by atoms with Crippen LogP contribution in [0.2, 0.25) is 0 Å². The van der Waals surface area contributed by atoms with Gasteiger partial charge in [-0.2, -0.15) is 0 Å². The monoisotopic (exact) mass is 333 g/mol. The molecule has 4 rings (SSSR count). The zero-order valence-corrected chi connectivity index (χ0v) is 14.1. The highest BCUT2D eigenvalue weighted by Gasteiger charge is 2.24. The van der Waals surface area contributed by atoms with Crippen LogP contribution in [0.15, 0.2) is 59.5 Å². The second kappa shape index (κ2) is 6.20. The highest BCUT2D eigenvalue weighted by atomic mass is 16.5. The summed E-state index contributed by atoms with van der Waals surface area (Å²) in [5, 5.41) is 0.600. The Morgan fingerprint density at radius 3 is 2.52 bits per heavy atom. The molecule has 1 aromatic heterocycles. The molecule has 0 aliphatic heterocycles. The van der Waals surface area contributed by atoms with E-state index in [0.717, 1.165) is 12.1 Å². The number of carbonyl (C=O) groups excluding carboxylic acids is 1. The fourth-order valence-electron chi connectivity index (χ4n) is 3.13. The molecule has 4 heteroatoms. The number of ketones is 1. The van der Waals surface area contributed by atoms with Gasteiger partial charge >= 0.3 is 0 Å². The minimum atomic E-state index is -0.247. The number of benzene rings is 2. The lowest BCUT2D eigenvalue weighted by Crippen LogP contribution is -2.20. The van der Waals surface area contributed by atoms with E-state index in [2.05, 4.69) is 4.57 Å². The summed E-state index contributed by atoms with van der Waals surface area (Å²) < 4.78 is 7.19. The van der Waals surface area contributed by atoms with Crippen molar-refractivity contribution in [3.05, 3.63) is 76.1 Å². The number of hydrogen-bond acceptors (Lipinski definition) is 3. The smallest absolute Gasteiger partial charge is 0.200 e. The van der Waals surface area contributed by atoms with E-state index >= 15 is 0 Å². The Bertz CT molecular complexity index is 998. The van der Waals surface area contributed by atoms with Crippen molar-refractivity contribution in [2.75, 3.05) is 7.11 Å². The van der Waals surface area contributed by atoms with E-state index in [1.165, 1.54) is 12.8 Å². The van der Waals surface area contributed by atoms with Gasteiger partial charge < -0.3 is 9.30 Å². The molecule has 1 heterocycles. The third kappa shape index (κ3) is 2.95. The number of para-hydroxylation sites is 1. The van der Waals surface area contributed by atoms with Gasteiger partial charge in [-0.1, -0.05) is 12.1 Å². The molecule has 126 valence electrons. The third-order valence-corrected chi connectivity index (χ3v) is 4.74. The largest absolute Gasteiger partial charge is 0.497 e. The lowest BCUT2D eigenvalue weighted by atomic mass is 10.0. The van der Waals surface area contributed by atoms with Crippen molar-refractivity contribution in [3.8, 4) is 5.75 Å². The first-order valence-corrected chi connectivity index (χ1v) is 8.48. The third-order valence-electron chi connectivity index (χ3n) is 4.74. The maximum atomic E-state index is 12.9. The summed E-state index contributed by atoms with van der Waals surface area (Å²) in [4.78, 5) is 25.8. The molecule has 0 spiro atoms. The highest BCUT2D eigenvalue weighted by molar-refractivity contribution is 6.10. The summed E-state index contributed by atoms with van der Waals surface area (Å²) in [6.45, 7) is 0.851. The first-order chi connectivity index (χ1) is 12.2. The molecule has 0 radical (unpaired) electrons. The Labute approximate surface area is 145 Å². The van der Waals surface area contributed by atoms with Gasteiger partial charge in [0.2, 0.25) is 5.43 Å². The average molecular weight is 333 g/mol. The van der Waals surface area contributed by atoms with Crippen LogP contribution in [-0.2, 0) is 6.54 Å². The molecule has 0 unspecified atom stereocenters. The number of ether oxygens (including phenoxy) is 1. The Hall–Kier alpha value is -2.88. The SMILES string of the molecule is COc1ccc(C(=O)c2cn(CC3CC3)c3ccccc3c2=O)cc1. The van der Waals surface area contributed by atoms with Crippen molar-refractivity contribution in [1.29, 1.82) is 0 Å². The summed E-state index contributed by atoms with van der Waals surface area (Å²) in [5.41, 5.74) is 1.41. The number of fused-ring (bicyclic) bond motifs is 1. The van der Waals surface area contributed by atoms with Crippen LogP contribution >= 0.6 is 0 Å². The van der Waals surface area contributed by atoms with Crippen LogP contribution in [0.1, 0.15) is 28.8 Å². The molecular formula is C21H19NO3. The molecule has 0 amide bonds. The van der Waals surface area contributed by atoms with E-state index in [1.807, 2.05) is 18.2 Å². The van der Waals surface area contributed by atoms with Gasteiger partial charge in [0.1, 0.15) is 5.75 Å². The quantitative estimate of drug-likeness (QED) is 0.670. The first-order valence-electron chi connectivity index (χ1n) is 8.48. The Kier molecular flexibility index (Phi) is 3.88. The normalized spacial score (nSPS) is 13.8. The van der Waals surface area contributed by atoms with Gasteiger partial charge in [0.05, 0.1) is 18.2 Å². The second-order valence-electron chi connectivity index (χ2n) is 6.54. The van der Waals surface area contributed by atoms with Gasteiger partial charge in [0.25, 0.3) is 0 Å². The molecular weight excluding hydrogens is 314 g/mol. The van der Waals surface area contributed by atoms with Crippen LogP contribution in [0.4, 0.5) is 0 Å². The number of nitrogens with zero attached hydrogens (tertiary/aromatic N) is 1. The van der Waals surface area contributed by atoms with E-state index in [-0.39, 0.29) is 16.8 Å². The Morgan fingerprint density at radius 2 is 1.84 bits per heavy atom. The zero-order valence-electron chi connectivity index (χ0n) is 14.1. The van der Waals surface area contributed by atoms with Gasteiger partial charge in [0, 0.05) is 23.7 Å². The lowest BCUT2D eigenvalue weighted by molar-refractivity contribution is 0.103. The van der Waals surface area contributed by atoms with Crippen molar-refractivity contribution in [3.63, 3.8) is 0 Å². The van der Waals surface area contributed by atoms with Crippen LogP contribution in [0.5, 0.6) is 5.75 Å². The predicted octanol–water partition coefficient (Wildman–Crippen LogP) is 3.65. The maximum absolute atomic E-state index is 12.9. The van der Waals surface area contributed by atoms with Gasteiger partial charge in [-0.05, 0) is 55.2 Å². The van der Waals surface area contributed by atoms with Crippen molar-refractivity contribution >= 4 is 16.7 Å². The summed E-state index contributed by atoms with van der Waals surface area (Å²) in [6.07, 6.45) is 4.15. The number of pyridine rings is 1. The minimum absolute atomic E-state index is 0.205. The van der Waals surface area contributed by atoms with Gasteiger partial charge in [-0.25, -0.2) is 0 Å². The molecule has 1 saturated carbocycles. The molecule has 3 aromatic rings. The predicted molar refractivity (Wildman–Crippen MR) is 97.4 cm³/mol. The molecule has 0 atom stereocenters. The van der Waals surface area contributed by atoms with Crippen molar-refractivity contribution < 1.29 is 9.53 Å². The molecule has 25 heavy (non-hydrogen) atoms. The number of rotatable bonds is 5. The van der Waals surface area contributed by atoms with Crippen LogP contribution in [-0.4, -0.2) is 17.5 Å². The first kappa shape index (κ1) is 15.6. The van der Waals surface area contributed by atoms with Gasteiger partial charge in [-0.15, -0.1) is 0 Å². The van der Waals surface area contributed by atoms with Crippen molar-refractivity contribution in [2.24, 2.45) is 5.92 Å². The zero-order chi connectivity index (χ0) is 17.4. The summed E-state index contributed by atoms with van der Waals surface area (Å²) in [5.74, 6) is 1.08. The minimum Gasteiger partial charge on any atom is -0.497 e. The van der Waals surface area contributed by atoms with E-state index in [1.54, 1.807) is 43.6 Å². The Balaban J connectivity index is 1.83. The van der Waals surface area contributed by atoms with Crippen molar-refractivity contribution in [2.45, 2.75) is 19.4 Å². The molecule has 0 bridgehead atoms. The average Bonchev–Trinajstić information content (AvgIpc) is 3.48.